The van der Waals surface area contributed by atoms with Gasteiger partial charge in [-0.3, -0.25) is 0 Å². The Kier molecular flexibility index (Phi) is 4.62. The third-order valence-corrected chi connectivity index (χ3v) is 2.60. The zero-order valence-electron chi connectivity index (χ0n) is 8.38. The van der Waals surface area contributed by atoms with E-state index in [1.165, 1.54) is 38.8 Å². The van der Waals surface area contributed by atoms with Gasteiger partial charge in [-0.05, 0) is 32.4 Å². The first-order valence-electron chi connectivity index (χ1n) is 5.12. The second-order valence-electron chi connectivity index (χ2n) is 3.65. The van der Waals surface area contributed by atoms with E-state index in [2.05, 4.69) is 11.8 Å². The van der Waals surface area contributed by atoms with Crippen LogP contribution in [0.3, 0.4) is 0 Å². The molecule has 1 aliphatic rings. The summed E-state index contributed by atoms with van der Waals surface area (Å²) in [6.07, 6.45) is 5.65. The van der Waals surface area contributed by atoms with Gasteiger partial charge >= 0.3 is 0 Å². The maximum Gasteiger partial charge on any atom is 0.0698 e. The smallest absolute Gasteiger partial charge is 0.0698 e. The summed E-state index contributed by atoms with van der Waals surface area (Å²) < 4.78 is 5.41. The van der Waals surface area contributed by atoms with Gasteiger partial charge in [-0.1, -0.05) is 13.3 Å². The Morgan fingerprint density at radius 3 is 2.50 bits per heavy atom. The van der Waals surface area contributed by atoms with E-state index in [4.69, 9.17) is 4.74 Å². The fourth-order valence-corrected chi connectivity index (χ4v) is 1.86. The predicted molar refractivity (Wildman–Crippen MR) is 51.4 cm³/mol. The highest BCUT2D eigenvalue weighted by molar-refractivity contribution is 4.70. The van der Waals surface area contributed by atoms with Crippen LogP contribution < -0.4 is 0 Å². The van der Waals surface area contributed by atoms with Crippen LogP contribution in [0, 0.1) is 0 Å². The van der Waals surface area contributed by atoms with Gasteiger partial charge in [0.1, 0.15) is 0 Å². The van der Waals surface area contributed by atoms with E-state index < -0.39 is 0 Å². The zero-order chi connectivity index (χ0) is 8.81. The summed E-state index contributed by atoms with van der Waals surface area (Å²) in [6.45, 7) is 5.92. The summed E-state index contributed by atoms with van der Waals surface area (Å²) >= 11 is 0. The van der Waals surface area contributed by atoms with Gasteiger partial charge in [-0.2, -0.15) is 0 Å². The summed E-state index contributed by atoms with van der Waals surface area (Å²) in [7, 11) is 1.83. The van der Waals surface area contributed by atoms with Crippen molar-refractivity contribution in [1.82, 2.24) is 4.90 Å². The fourth-order valence-electron chi connectivity index (χ4n) is 1.86. The molecule has 0 aromatic rings. The molecule has 1 rings (SSSR count). The van der Waals surface area contributed by atoms with Crippen molar-refractivity contribution in [2.75, 3.05) is 26.7 Å². The monoisotopic (exact) mass is 171 g/mol. The second-order valence-corrected chi connectivity index (χ2v) is 3.65. The Morgan fingerprint density at radius 1 is 1.33 bits per heavy atom. The van der Waals surface area contributed by atoms with Gasteiger partial charge in [-0.25, -0.2) is 0 Å². The molecule has 0 saturated carbocycles. The van der Waals surface area contributed by atoms with Crippen LogP contribution in [0.15, 0.2) is 0 Å². The average Bonchev–Trinajstić information content (AvgIpc) is 2.56. The molecule has 0 aromatic carbocycles. The van der Waals surface area contributed by atoms with Crippen molar-refractivity contribution >= 4 is 0 Å². The average molecular weight is 171 g/mol. The van der Waals surface area contributed by atoms with Gasteiger partial charge in [0.05, 0.1) is 6.10 Å². The molecule has 0 aliphatic carbocycles. The van der Waals surface area contributed by atoms with Crippen molar-refractivity contribution < 1.29 is 4.74 Å². The highest BCUT2D eigenvalue weighted by atomic mass is 16.5. The molecule has 1 unspecified atom stereocenters. The molecular formula is C10H21NO. The second kappa shape index (κ2) is 5.55. The lowest BCUT2D eigenvalue weighted by atomic mass is 10.2. The number of methoxy groups -OCH3 is 1. The molecule has 0 N–H and O–H groups in total. The third-order valence-electron chi connectivity index (χ3n) is 2.60. The van der Waals surface area contributed by atoms with Crippen LogP contribution in [0.1, 0.15) is 32.6 Å². The van der Waals surface area contributed by atoms with E-state index >= 15 is 0 Å². The Labute approximate surface area is 75.9 Å². The largest absolute Gasteiger partial charge is 0.380 e. The Hall–Kier alpha value is -0.0800. The predicted octanol–water partition coefficient (Wildman–Crippen LogP) is 1.90. The summed E-state index contributed by atoms with van der Waals surface area (Å²) in [5.41, 5.74) is 0. The Bertz CT molecular complexity index is 110. The van der Waals surface area contributed by atoms with Crippen molar-refractivity contribution in [1.29, 1.82) is 0 Å². The van der Waals surface area contributed by atoms with E-state index in [-0.39, 0.29) is 0 Å². The lowest BCUT2D eigenvalue weighted by Gasteiger charge is -2.21. The van der Waals surface area contributed by atoms with Gasteiger partial charge in [0.15, 0.2) is 0 Å². The number of hydrogen-bond acceptors (Lipinski definition) is 2. The van der Waals surface area contributed by atoms with Crippen LogP contribution in [0.2, 0.25) is 0 Å². The lowest BCUT2D eigenvalue weighted by molar-refractivity contribution is 0.0644. The van der Waals surface area contributed by atoms with Gasteiger partial charge in [0.2, 0.25) is 0 Å². The first-order chi connectivity index (χ1) is 5.86. The molecule has 0 radical (unpaired) electrons. The lowest BCUT2D eigenvalue weighted by Crippen LogP contribution is -2.31. The van der Waals surface area contributed by atoms with Crippen LogP contribution in [0.4, 0.5) is 0 Å². The number of hydrogen-bond donors (Lipinski definition) is 0. The molecule has 1 heterocycles. The molecule has 0 amide bonds. The molecule has 0 aromatic heterocycles. The van der Waals surface area contributed by atoms with E-state index in [1.807, 2.05) is 7.11 Å². The SMILES string of the molecule is CCCC(CN1CCCC1)OC. The van der Waals surface area contributed by atoms with Crippen molar-refractivity contribution in [3.63, 3.8) is 0 Å². The Morgan fingerprint density at radius 2 is 2.00 bits per heavy atom. The van der Waals surface area contributed by atoms with Crippen LogP contribution in [-0.2, 0) is 4.74 Å². The molecule has 1 fully saturated rings. The number of rotatable bonds is 5. The van der Waals surface area contributed by atoms with Gasteiger partial charge < -0.3 is 9.64 Å². The number of nitrogens with zero attached hydrogens (tertiary/aromatic N) is 1. The minimum atomic E-state index is 0.466. The highest BCUT2D eigenvalue weighted by Gasteiger charge is 2.15. The highest BCUT2D eigenvalue weighted by Crippen LogP contribution is 2.10. The molecule has 2 nitrogen and oxygen atoms in total. The van der Waals surface area contributed by atoms with Crippen LogP contribution in [-0.4, -0.2) is 37.7 Å². The normalized spacial score (nSPS) is 21.5. The Balaban J connectivity index is 2.16. The maximum atomic E-state index is 5.41. The first-order valence-corrected chi connectivity index (χ1v) is 5.12. The number of likely N-dealkylation sites (tertiary alicyclic amines) is 1. The van der Waals surface area contributed by atoms with E-state index in [0.29, 0.717) is 6.10 Å². The van der Waals surface area contributed by atoms with Crippen molar-refractivity contribution in [3.8, 4) is 0 Å². The quantitative estimate of drug-likeness (QED) is 0.626. The summed E-state index contributed by atoms with van der Waals surface area (Å²) in [5, 5.41) is 0. The van der Waals surface area contributed by atoms with E-state index in [1.54, 1.807) is 0 Å². The molecule has 12 heavy (non-hydrogen) atoms. The van der Waals surface area contributed by atoms with Crippen molar-refractivity contribution in [3.05, 3.63) is 0 Å². The number of ether oxygens (including phenoxy) is 1. The van der Waals surface area contributed by atoms with Gasteiger partial charge in [0, 0.05) is 13.7 Å². The van der Waals surface area contributed by atoms with Crippen LogP contribution in [0.25, 0.3) is 0 Å². The topological polar surface area (TPSA) is 12.5 Å². The molecule has 0 bridgehead atoms. The standard InChI is InChI=1S/C10H21NO/c1-3-6-10(12-2)9-11-7-4-5-8-11/h10H,3-9H2,1-2H3. The third kappa shape index (κ3) is 3.11. The summed E-state index contributed by atoms with van der Waals surface area (Å²) in [6, 6.07) is 0. The van der Waals surface area contributed by atoms with Gasteiger partial charge in [-0.15, -0.1) is 0 Å². The van der Waals surface area contributed by atoms with Gasteiger partial charge in [0.25, 0.3) is 0 Å². The first kappa shape index (κ1) is 10.0. The van der Waals surface area contributed by atoms with Crippen LogP contribution >= 0.6 is 0 Å². The van der Waals surface area contributed by atoms with E-state index in [9.17, 15) is 0 Å². The molecule has 0 spiro atoms. The minimum absolute atomic E-state index is 0.466. The van der Waals surface area contributed by atoms with Crippen molar-refractivity contribution in [2.45, 2.75) is 38.7 Å². The summed E-state index contributed by atoms with van der Waals surface area (Å²) in [5.74, 6) is 0. The molecular weight excluding hydrogens is 150 g/mol. The molecule has 72 valence electrons. The van der Waals surface area contributed by atoms with Crippen molar-refractivity contribution in [2.24, 2.45) is 0 Å². The zero-order valence-corrected chi connectivity index (χ0v) is 8.38. The molecule has 2 heteroatoms. The fraction of sp³-hybridized carbons (Fsp3) is 1.00. The minimum Gasteiger partial charge on any atom is -0.380 e. The molecule has 1 saturated heterocycles. The van der Waals surface area contributed by atoms with Crippen LogP contribution in [0.5, 0.6) is 0 Å². The maximum absolute atomic E-state index is 5.41. The van der Waals surface area contributed by atoms with E-state index in [0.717, 1.165) is 6.54 Å². The molecule has 1 aliphatic heterocycles. The summed E-state index contributed by atoms with van der Waals surface area (Å²) in [4.78, 5) is 2.52. The molecule has 1 atom stereocenters.